The highest BCUT2D eigenvalue weighted by Crippen LogP contribution is 2.25. The molecule has 80 valence electrons. The lowest BCUT2D eigenvalue weighted by molar-refractivity contribution is -0.151. The zero-order valence-electron chi connectivity index (χ0n) is 8.06. The van der Waals surface area contributed by atoms with Gasteiger partial charge in [0.25, 0.3) is 0 Å². The minimum absolute atomic E-state index is 0.202. The second-order valence-electron chi connectivity index (χ2n) is 3.56. The predicted octanol–water partition coefficient (Wildman–Crippen LogP) is 0.238. The Morgan fingerprint density at radius 2 is 2.14 bits per heavy atom. The summed E-state index contributed by atoms with van der Waals surface area (Å²) in [5.41, 5.74) is 0. The molecule has 0 amide bonds. The van der Waals surface area contributed by atoms with Crippen LogP contribution in [0.4, 0.5) is 0 Å². The number of carbonyl (C=O) groups excluding carboxylic acids is 1. The number of rotatable bonds is 3. The highest BCUT2D eigenvalue weighted by molar-refractivity contribution is 5.72. The van der Waals surface area contributed by atoms with Crippen molar-refractivity contribution < 1.29 is 19.7 Å². The van der Waals surface area contributed by atoms with Crippen LogP contribution in [-0.4, -0.2) is 35.0 Å². The van der Waals surface area contributed by atoms with Crippen molar-refractivity contribution in [3.63, 3.8) is 0 Å². The summed E-state index contributed by atoms with van der Waals surface area (Å²) in [5, 5.41) is 18.6. The van der Waals surface area contributed by atoms with Crippen LogP contribution in [0.2, 0.25) is 0 Å². The highest BCUT2D eigenvalue weighted by Gasteiger charge is 2.32. The first kappa shape index (κ1) is 11.2. The third-order valence-corrected chi connectivity index (χ3v) is 2.46. The van der Waals surface area contributed by atoms with E-state index >= 15 is 0 Å². The van der Waals surface area contributed by atoms with Gasteiger partial charge < -0.3 is 14.9 Å². The molecule has 0 aromatic heterocycles. The molecule has 0 aromatic rings. The first-order chi connectivity index (χ1) is 6.65. The molecular weight excluding hydrogens is 184 g/mol. The SMILES string of the molecule is C=CCOC(=O)C1CCC(O)C(O)C1. The Balaban J connectivity index is 2.38. The summed E-state index contributed by atoms with van der Waals surface area (Å²) in [6.45, 7) is 3.64. The van der Waals surface area contributed by atoms with Crippen molar-refractivity contribution in [1.82, 2.24) is 0 Å². The molecule has 0 spiro atoms. The molecule has 0 aromatic carbocycles. The number of aliphatic hydroxyl groups excluding tert-OH is 2. The molecule has 2 N–H and O–H groups in total. The van der Waals surface area contributed by atoms with Crippen LogP contribution in [0.5, 0.6) is 0 Å². The van der Waals surface area contributed by atoms with Crippen LogP contribution in [0.15, 0.2) is 12.7 Å². The lowest BCUT2D eigenvalue weighted by Gasteiger charge is -2.28. The molecule has 3 unspecified atom stereocenters. The standard InChI is InChI=1S/C10H16O4/c1-2-5-14-10(13)7-3-4-8(11)9(12)6-7/h2,7-9,11-12H,1,3-6H2. The maximum absolute atomic E-state index is 11.3. The van der Waals surface area contributed by atoms with Crippen molar-refractivity contribution >= 4 is 5.97 Å². The van der Waals surface area contributed by atoms with Gasteiger partial charge >= 0.3 is 5.97 Å². The van der Waals surface area contributed by atoms with Gasteiger partial charge in [0.2, 0.25) is 0 Å². The Hall–Kier alpha value is -0.870. The molecule has 1 fully saturated rings. The summed E-state index contributed by atoms with van der Waals surface area (Å²) in [7, 11) is 0. The lowest BCUT2D eigenvalue weighted by atomic mass is 9.85. The van der Waals surface area contributed by atoms with Crippen molar-refractivity contribution in [2.45, 2.75) is 31.5 Å². The normalized spacial score (nSPS) is 32.3. The summed E-state index contributed by atoms with van der Waals surface area (Å²) in [5.74, 6) is -0.593. The fraction of sp³-hybridized carbons (Fsp3) is 0.700. The number of ether oxygens (including phenoxy) is 1. The van der Waals surface area contributed by atoms with Crippen LogP contribution in [0.25, 0.3) is 0 Å². The zero-order chi connectivity index (χ0) is 10.6. The maximum Gasteiger partial charge on any atom is 0.309 e. The third kappa shape index (κ3) is 2.82. The van der Waals surface area contributed by atoms with E-state index in [1.54, 1.807) is 0 Å². The molecule has 3 atom stereocenters. The van der Waals surface area contributed by atoms with Crippen LogP contribution in [0.3, 0.4) is 0 Å². The van der Waals surface area contributed by atoms with Crippen LogP contribution in [-0.2, 0) is 9.53 Å². The number of hydrogen-bond donors (Lipinski definition) is 2. The first-order valence-electron chi connectivity index (χ1n) is 4.78. The quantitative estimate of drug-likeness (QED) is 0.506. The summed E-state index contributed by atoms with van der Waals surface area (Å²) in [6.07, 6.45) is 1.33. The van der Waals surface area contributed by atoms with Gasteiger partial charge in [-0.15, -0.1) is 0 Å². The van der Waals surface area contributed by atoms with Gasteiger partial charge in [-0.05, 0) is 19.3 Å². The van der Waals surface area contributed by atoms with E-state index in [4.69, 9.17) is 4.74 Å². The minimum Gasteiger partial charge on any atom is -0.461 e. The van der Waals surface area contributed by atoms with Gasteiger partial charge in [0.1, 0.15) is 6.61 Å². The molecule has 0 aliphatic heterocycles. The van der Waals surface area contributed by atoms with E-state index in [1.165, 1.54) is 6.08 Å². The molecule has 1 aliphatic rings. The smallest absolute Gasteiger partial charge is 0.309 e. The van der Waals surface area contributed by atoms with Gasteiger partial charge in [-0.2, -0.15) is 0 Å². The lowest BCUT2D eigenvalue weighted by Crippen LogP contribution is -2.36. The Bertz CT molecular complexity index is 214. The zero-order valence-corrected chi connectivity index (χ0v) is 8.06. The molecule has 1 saturated carbocycles. The van der Waals surface area contributed by atoms with E-state index in [1.807, 2.05) is 0 Å². The molecule has 0 heterocycles. The summed E-state index contributed by atoms with van der Waals surface area (Å²) in [6, 6.07) is 0. The van der Waals surface area contributed by atoms with Gasteiger partial charge in [0.15, 0.2) is 0 Å². The largest absolute Gasteiger partial charge is 0.461 e. The first-order valence-corrected chi connectivity index (χ1v) is 4.78. The maximum atomic E-state index is 11.3. The molecule has 4 heteroatoms. The summed E-state index contributed by atoms with van der Waals surface area (Å²) in [4.78, 5) is 11.3. The average Bonchev–Trinajstić information content (AvgIpc) is 2.18. The Kier molecular flexibility index (Phi) is 4.10. The number of hydrogen-bond acceptors (Lipinski definition) is 4. The number of carbonyl (C=O) groups is 1. The Morgan fingerprint density at radius 3 is 2.71 bits per heavy atom. The Morgan fingerprint density at radius 1 is 1.43 bits per heavy atom. The molecule has 4 nitrogen and oxygen atoms in total. The molecular formula is C10H16O4. The van der Waals surface area contributed by atoms with Crippen molar-refractivity contribution in [3.8, 4) is 0 Å². The molecule has 14 heavy (non-hydrogen) atoms. The van der Waals surface area contributed by atoms with E-state index in [0.29, 0.717) is 12.8 Å². The van der Waals surface area contributed by atoms with Gasteiger partial charge in [-0.3, -0.25) is 4.79 Å². The summed E-state index contributed by atoms with van der Waals surface area (Å²) < 4.78 is 4.86. The fourth-order valence-electron chi connectivity index (χ4n) is 1.60. The van der Waals surface area contributed by atoms with Gasteiger partial charge in [-0.1, -0.05) is 12.7 Å². The molecule has 0 radical (unpaired) electrons. The number of esters is 1. The Labute approximate surface area is 83.2 Å². The average molecular weight is 200 g/mol. The fourth-order valence-corrected chi connectivity index (χ4v) is 1.60. The third-order valence-electron chi connectivity index (χ3n) is 2.46. The van der Waals surface area contributed by atoms with Crippen molar-refractivity contribution in [1.29, 1.82) is 0 Å². The van der Waals surface area contributed by atoms with Crippen LogP contribution >= 0.6 is 0 Å². The predicted molar refractivity (Wildman–Crippen MR) is 50.5 cm³/mol. The number of aliphatic hydroxyl groups is 2. The van der Waals surface area contributed by atoms with Crippen LogP contribution < -0.4 is 0 Å². The second kappa shape index (κ2) is 5.12. The van der Waals surface area contributed by atoms with Gasteiger partial charge in [0, 0.05) is 0 Å². The minimum atomic E-state index is -0.801. The highest BCUT2D eigenvalue weighted by atomic mass is 16.5. The van der Waals surface area contributed by atoms with E-state index in [-0.39, 0.29) is 24.9 Å². The second-order valence-corrected chi connectivity index (χ2v) is 3.56. The monoisotopic (exact) mass is 200 g/mol. The van der Waals surface area contributed by atoms with Crippen LogP contribution in [0.1, 0.15) is 19.3 Å². The van der Waals surface area contributed by atoms with Crippen molar-refractivity contribution in [2.75, 3.05) is 6.61 Å². The summed E-state index contributed by atoms with van der Waals surface area (Å²) >= 11 is 0. The molecule has 0 saturated heterocycles. The van der Waals surface area contributed by atoms with E-state index in [0.717, 1.165) is 0 Å². The van der Waals surface area contributed by atoms with Crippen LogP contribution in [0, 0.1) is 5.92 Å². The molecule has 0 bridgehead atoms. The molecule has 1 aliphatic carbocycles. The van der Waals surface area contributed by atoms with E-state index in [9.17, 15) is 15.0 Å². The topological polar surface area (TPSA) is 66.8 Å². The van der Waals surface area contributed by atoms with Crippen molar-refractivity contribution in [2.24, 2.45) is 5.92 Å². The van der Waals surface area contributed by atoms with Gasteiger partial charge in [0.05, 0.1) is 18.1 Å². The van der Waals surface area contributed by atoms with E-state index < -0.39 is 12.2 Å². The van der Waals surface area contributed by atoms with Crippen molar-refractivity contribution in [3.05, 3.63) is 12.7 Å². The van der Waals surface area contributed by atoms with Gasteiger partial charge in [-0.25, -0.2) is 0 Å². The molecule has 1 rings (SSSR count). The van der Waals surface area contributed by atoms with E-state index in [2.05, 4.69) is 6.58 Å².